The average molecular weight is 400 g/mol. The highest BCUT2D eigenvalue weighted by atomic mass is 16.6. The molecule has 0 saturated carbocycles. The van der Waals surface area contributed by atoms with Gasteiger partial charge >= 0.3 is 5.97 Å². The lowest BCUT2D eigenvalue weighted by molar-refractivity contribution is -0.142. The smallest absolute Gasteiger partial charge is 0.343 e. The number of ether oxygens (including phenoxy) is 6. The van der Waals surface area contributed by atoms with Crippen LogP contribution in [0.25, 0.3) is 6.08 Å². The second kappa shape index (κ2) is 8.55. The molecule has 0 aromatic heterocycles. The van der Waals surface area contributed by atoms with Crippen LogP contribution in [-0.2, 0) is 9.53 Å². The van der Waals surface area contributed by atoms with E-state index in [1.807, 2.05) is 0 Å². The van der Waals surface area contributed by atoms with Gasteiger partial charge in [-0.3, -0.25) is 4.79 Å². The van der Waals surface area contributed by atoms with Crippen molar-refractivity contribution in [3.8, 4) is 28.7 Å². The molecule has 1 heterocycles. The van der Waals surface area contributed by atoms with Gasteiger partial charge in [0, 0.05) is 11.6 Å². The standard InChI is InChI=1S/C21H20O8/c1-24-15-8-5-12(20(26-3)21(15)27-4)9-17-19(23)14-7-6-13(10-16(14)29-17)28-11-18(22)25-2/h5-10H,11H2,1-4H3. The van der Waals surface area contributed by atoms with Gasteiger partial charge in [-0.05, 0) is 30.3 Å². The van der Waals surface area contributed by atoms with Crippen LogP contribution >= 0.6 is 0 Å². The summed E-state index contributed by atoms with van der Waals surface area (Å²) in [6.45, 7) is -0.241. The summed E-state index contributed by atoms with van der Waals surface area (Å²) < 4.78 is 31.6. The largest absolute Gasteiger partial charge is 0.493 e. The molecule has 2 aromatic rings. The SMILES string of the molecule is COC(=O)COc1ccc2c(c1)OC(=Cc1ccc(OC)c(OC)c1OC)C2=O. The number of benzene rings is 2. The van der Waals surface area contributed by atoms with Crippen molar-refractivity contribution in [1.29, 1.82) is 0 Å². The van der Waals surface area contributed by atoms with Crippen molar-refractivity contribution in [2.24, 2.45) is 0 Å². The third-order valence-corrected chi connectivity index (χ3v) is 4.25. The van der Waals surface area contributed by atoms with E-state index in [0.29, 0.717) is 39.9 Å². The average Bonchev–Trinajstić information content (AvgIpc) is 3.05. The lowest BCUT2D eigenvalue weighted by Crippen LogP contribution is -2.12. The number of Topliss-reactive ketones (excluding diaryl/α,β-unsaturated/α-hetero) is 1. The van der Waals surface area contributed by atoms with Crippen LogP contribution in [0.4, 0.5) is 0 Å². The Labute approximate surface area is 167 Å². The predicted octanol–water partition coefficient (Wildman–Crippen LogP) is 2.88. The molecule has 0 amide bonds. The fourth-order valence-corrected chi connectivity index (χ4v) is 2.84. The minimum atomic E-state index is -0.511. The van der Waals surface area contributed by atoms with Crippen molar-refractivity contribution in [2.75, 3.05) is 35.0 Å². The summed E-state index contributed by atoms with van der Waals surface area (Å²) in [4.78, 5) is 23.9. The highest BCUT2D eigenvalue weighted by Crippen LogP contribution is 2.42. The molecule has 0 radical (unpaired) electrons. The van der Waals surface area contributed by atoms with Crippen molar-refractivity contribution in [1.82, 2.24) is 0 Å². The number of hydrogen-bond acceptors (Lipinski definition) is 8. The summed E-state index contributed by atoms with van der Waals surface area (Å²) in [7, 11) is 5.79. The van der Waals surface area contributed by atoms with E-state index in [0.717, 1.165) is 0 Å². The van der Waals surface area contributed by atoms with E-state index in [-0.39, 0.29) is 18.1 Å². The zero-order chi connectivity index (χ0) is 21.0. The van der Waals surface area contributed by atoms with Crippen molar-refractivity contribution in [2.45, 2.75) is 0 Å². The van der Waals surface area contributed by atoms with Crippen LogP contribution < -0.4 is 23.7 Å². The van der Waals surface area contributed by atoms with Gasteiger partial charge in [0.1, 0.15) is 11.5 Å². The number of esters is 1. The molecule has 0 aliphatic carbocycles. The van der Waals surface area contributed by atoms with Crippen LogP contribution in [0, 0.1) is 0 Å². The molecule has 0 N–H and O–H groups in total. The van der Waals surface area contributed by atoms with Crippen molar-refractivity contribution in [3.63, 3.8) is 0 Å². The number of allylic oxidation sites excluding steroid dienone is 1. The van der Waals surface area contributed by atoms with E-state index < -0.39 is 5.97 Å². The molecule has 8 heteroatoms. The molecule has 2 aromatic carbocycles. The van der Waals surface area contributed by atoms with Gasteiger partial charge in [-0.2, -0.15) is 0 Å². The molecule has 1 aliphatic rings. The third kappa shape index (κ3) is 3.96. The molecule has 0 unspecified atom stereocenters. The molecular formula is C21H20O8. The maximum Gasteiger partial charge on any atom is 0.343 e. The molecule has 29 heavy (non-hydrogen) atoms. The number of carbonyl (C=O) groups excluding carboxylic acids is 2. The van der Waals surface area contributed by atoms with Crippen LogP contribution in [-0.4, -0.2) is 46.8 Å². The van der Waals surface area contributed by atoms with E-state index in [1.54, 1.807) is 36.4 Å². The van der Waals surface area contributed by atoms with Gasteiger partial charge in [0.15, 0.2) is 23.9 Å². The normalized spacial score (nSPS) is 13.5. The second-order valence-corrected chi connectivity index (χ2v) is 5.89. The van der Waals surface area contributed by atoms with E-state index in [1.165, 1.54) is 28.4 Å². The molecule has 1 aliphatic heterocycles. The van der Waals surface area contributed by atoms with E-state index in [9.17, 15) is 9.59 Å². The number of fused-ring (bicyclic) bond motifs is 1. The Bertz CT molecular complexity index is 977. The third-order valence-electron chi connectivity index (χ3n) is 4.25. The molecule has 0 atom stereocenters. The van der Waals surface area contributed by atoms with Crippen molar-refractivity contribution >= 4 is 17.8 Å². The van der Waals surface area contributed by atoms with Gasteiger partial charge < -0.3 is 28.4 Å². The Morgan fingerprint density at radius 2 is 1.76 bits per heavy atom. The molecule has 0 saturated heterocycles. The molecule has 0 spiro atoms. The number of carbonyl (C=O) groups is 2. The summed E-state index contributed by atoms with van der Waals surface area (Å²) in [5.41, 5.74) is 0.976. The van der Waals surface area contributed by atoms with Crippen LogP contribution in [0.3, 0.4) is 0 Å². The first-order valence-corrected chi connectivity index (χ1v) is 8.59. The second-order valence-electron chi connectivity index (χ2n) is 5.89. The molecule has 3 rings (SSSR count). The topological polar surface area (TPSA) is 89.5 Å². The number of hydrogen-bond donors (Lipinski definition) is 0. The first-order valence-electron chi connectivity index (χ1n) is 8.59. The van der Waals surface area contributed by atoms with Crippen molar-refractivity contribution < 1.29 is 38.0 Å². The maximum absolute atomic E-state index is 12.7. The Balaban J connectivity index is 1.90. The Morgan fingerprint density at radius 3 is 2.41 bits per heavy atom. The van der Waals surface area contributed by atoms with E-state index >= 15 is 0 Å². The Kier molecular flexibility index (Phi) is 5.92. The van der Waals surface area contributed by atoms with Gasteiger partial charge in [0.2, 0.25) is 11.5 Å². The Hall–Kier alpha value is -3.68. The summed E-state index contributed by atoms with van der Waals surface area (Å²) >= 11 is 0. The fraction of sp³-hybridized carbons (Fsp3) is 0.238. The molecule has 8 nitrogen and oxygen atoms in total. The minimum Gasteiger partial charge on any atom is -0.493 e. The van der Waals surface area contributed by atoms with Crippen LogP contribution in [0.5, 0.6) is 28.7 Å². The van der Waals surface area contributed by atoms with Crippen LogP contribution in [0.1, 0.15) is 15.9 Å². The van der Waals surface area contributed by atoms with Crippen LogP contribution in [0.2, 0.25) is 0 Å². The number of methoxy groups -OCH3 is 4. The summed E-state index contributed by atoms with van der Waals surface area (Å²) in [5.74, 6) is 1.37. The van der Waals surface area contributed by atoms with Crippen LogP contribution in [0.15, 0.2) is 36.1 Å². The molecular weight excluding hydrogens is 380 g/mol. The van der Waals surface area contributed by atoms with Gasteiger partial charge in [0.05, 0.1) is 34.0 Å². The first-order chi connectivity index (χ1) is 14.0. The monoisotopic (exact) mass is 400 g/mol. The summed E-state index contributed by atoms with van der Waals surface area (Å²) in [6.07, 6.45) is 1.57. The lowest BCUT2D eigenvalue weighted by Gasteiger charge is -2.14. The van der Waals surface area contributed by atoms with Gasteiger partial charge in [0.25, 0.3) is 0 Å². The summed E-state index contributed by atoms with van der Waals surface area (Å²) in [6, 6.07) is 8.15. The zero-order valence-electron chi connectivity index (χ0n) is 16.4. The molecule has 0 bridgehead atoms. The zero-order valence-corrected chi connectivity index (χ0v) is 16.4. The van der Waals surface area contributed by atoms with Gasteiger partial charge in [-0.15, -0.1) is 0 Å². The molecule has 0 fully saturated rings. The van der Waals surface area contributed by atoms with E-state index in [2.05, 4.69) is 4.74 Å². The predicted molar refractivity (Wildman–Crippen MR) is 103 cm³/mol. The highest BCUT2D eigenvalue weighted by molar-refractivity contribution is 6.14. The summed E-state index contributed by atoms with van der Waals surface area (Å²) in [5, 5.41) is 0. The number of rotatable bonds is 7. The quantitative estimate of drug-likeness (QED) is 0.518. The van der Waals surface area contributed by atoms with Crippen molar-refractivity contribution in [3.05, 3.63) is 47.2 Å². The van der Waals surface area contributed by atoms with Gasteiger partial charge in [-0.25, -0.2) is 4.79 Å². The highest BCUT2D eigenvalue weighted by Gasteiger charge is 2.28. The van der Waals surface area contributed by atoms with Gasteiger partial charge in [-0.1, -0.05) is 0 Å². The first kappa shape index (κ1) is 20.1. The lowest BCUT2D eigenvalue weighted by atomic mass is 10.1. The fourth-order valence-electron chi connectivity index (χ4n) is 2.84. The van der Waals surface area contributed by atoms with E-state index in [4.69, 9.17) is 23.7 Å². The minimum absolute atomic E-state index is 0.121. The molecule has 152 valence electrons. The number of ketones is 1. The Morgan fingerprint density at radius 1 is 1.00 bits per heavy atom. The maximum atomic E-state index is 12.7.